The summed E-state index contributed by atoms with van der Waals surface area (Å²) in [4.78, 5) is 46.4. The van der Waals surface area contributed by atoms with Crippen LogP contribution in [0.3, 0.4) is 0 Å². The number of nitrogens with zero attached hydrogens (tertiary/aromatic N) is 2. The molecule has 33 heavy (non-hydrogen) atoms. The summed E-state index contributed by atoms with van der Waals surface area (Å²) in [5.74, 6) is 0.596. The Hall–Kier alpha value is -3.98. The van der Waals surface area contributed by atoms with E-state index >= 15 is 0 Å². The van der Waals surface area contributed by atoms with Crippen molar-refractivity contribution >= 4 is 39.1 Å². The Morgan fingerprint density at radius 2 is 2.06 bits per heavy atom. The number of carbonyl (C=O) groups excluding carboxylic acids is 2. The van der Waals surface area contributed by atoms with Crippen LogP contribution >= 0.6 is 11.3 Å². The quantitative estimate of drug-likeness (QED) is 0.476. The number of para-hydroxylation sites is 1. The van der Waals surface area contributed by atoms with E-state index in [9.17, 15) is 14.4 Å². The zero-order chi connectivity index (χ0) is 22.9. The van der Waals surface area contributed by atoms with E-state index in [4.69, 9.17) is 4.74 Å². The number of benzene rings is 2. The van der Waals surface area contributed by atoms with E-state index in [2.05, 4.69) is 15.3 Å². The van der Waals surface area contributed by atoms with Crippen LogP contribution in [0.1, 0.15) is 21.7 Å². The summed E-state index contributed by atoms with van der Waals surface area (Å²) >= 11 is 1.33. The molecule has 1 aliphatic rings. The van der Waals surface area contributed by atoms with Gasteiger partial charge in [0.2, 0.25) is 0 Å². The lowest BCUT2D eigenvalue weighted by Gasteiger charge is -2.17. The van der Waals surface area contributed by atoms with Gasteiger partial charge in [-0.25, -0.2) is 4.98 Å². The molecule has 0 bridgehead atoms. The maximum absolute atomic E-state index is 13.0. The second-order valence-corrected chi connectivity index (χ2v) is 8.71. The van der Waals surface area contributed by atoms with Crippen LogP contribution in [0, 0.1) is 0 Å². The van der Waals surface area contributed by atoms with E-state index in [1.165, 1.54) is 16.2 Å². The van der Waals surface area contributed by atoms with Gasteiger partial charge in [-0.1, -0.05) is 24.3 Å². The molecule has 2 aromatic carbocycles. The van der Waals surface area contributed by atoms with Crippen LogP contribution in [-0.4, -0.2) is 39.8 Å². The highest BCUT2D eigenvalue weighted by molar-refractivity contribution is 7.17. The summed E-state index contributed by atoms with van der Waals surface area (Å²) in [6, 6.07) is 16.1. The Kier molecular flexibility index (Phi) is 5.39. The van der Waals surface area contributed by atoms with Gasteiger partial charge in [-0.05, 0) is 41.3 Å². The van der Waals surface area contributed by atoms with Crippen molar-refractivity contribution in [3.8, 4) is 5.75 Å². The van der Waals surface area contributed by atoms with E-state index in [1.807, 2.05) is 24.3 Å². The summed E-state index contributed by atoms with van der Waals surface area (Å²) in [6.07, 6.45) is -0.109. The van der Waals surface area contributed by atoms with Crippen LogP contribution in [0.2, 0.25) is 0 Å². The average molecular weight is 461 g/mol. The standard InChI is InChI=1S/C24H20N4O4S/c1-28(13-20-26-17-9-10-33-21(17)23(30)27-20)24(31)15-6-4-7-16(11-15)25-22(29)19-12-14-5-2-3-8-18(14)32-19/h2-11,19H,12-13H2,1H3,(H,25,29)(H,26,27,30). The summed E-state index contributed by atoms with van der Waals surface area (Å²) in [5.41, 5.74) is 2.30. The molecule has 8 nitrogen and oxygen atoms in total. The third-order valence-electron chi connectivity index (χ3n) is 5.41. The Labute approximate surface area is 192 Å². The van der Waals surface area contributed by atoms with Crippen LogP contribution in [-0.2, 0) is 17.8 Å². The third kappa shape index (κ3) is 4.22. The number of carbonyl (C=O) groups is 2. The van der Waals surface area contributed by atoms with Gasteiger partial charge in [0.1, 0.15) is 16.3 Å². The van der Waals surface area contributed by atoms with Gasteiger partial charge in [-0.2, -0.15) is 0 Å². The number of fused-ring (bicyclic) bond motifs is 2. The van der Waals surface area contributed by atoms with Crippen LogP contribution in [0.4, 0.5) is 5.69 Å². The lowest BCUT2D eigenvalue weighted by molar-refractivity contribution is -0.122. The Morgan fingerprint density at radius 3 is 2.91 bits per heavy atom. The van der Waals surface area contributed by atoms with Crippen molar-refractivity contribution in [2.24, 2.45) is 0 Å². The summed E-state index contributed by atoms with van der Waals surface area (Å²) < 4.78 is 6.30. The van der Waals surface area contributed by atoms with Crippen molar-refractivity contribution in [2.45, 2.75) is 19.1 Å². The monoisotopic (exact) mass is 460 g/mol. The summed E-state index contributed by atoms with van der Waals surface area (Å²) in [7, 11) is 1.63. The fourth-order valence-corrected chi connectivity index (χ4v) is 4.52. The highest BCUT2D eigenvalue weighted by Crippen LogP contribution is 2.28. The van der Waals surface area contributed by atoms with E-state index in [1.54, 1.807) is 42.8 Å². The number of hydrogen-bond acceptors (Lipinski definition) is 6. The largest absolute Gasteiger partial charge is 0.480 e. The maximum atomic E-state index is 13.0. The summed E-state index contributed by atoms with van der Waals surface area (Å²) in [6.45, 7) is 0.143. The first-order valence-corrected chi connectivity index (χ1v) is 11.2. The molecular formula is C24H20N4O4S. The molecule has 2 amide bonds. The zero-order valence-electron chi connectivity index (χ0n) is 17.7. The number of rotatable bonds is 5. The smallest absolute Gasteiger partial charge is 0.268 e. The molecular weight excluding hydrogens is 440 g/mol. The number of amides is 2. The Bertz CT molecular complexity index is 1400. The molecule has 0 spiro atoms. The van der Waals surface area contributed by atoms with E-state index in [0.29, 0.717) is 33.7 Å². The fraction of sp³-hybridized carbons (Fsp3) is 0.167. The molecule has 1 aliphatic heterocycles. The number of nitrogens with one attached hydrogen (secondary N) is 2. The van der Waals surface area contributed by atoms with Gasteiger partial charge in [-0.15, -0.1) is 11.3 Å². The molecule has 9 heteroatoms. The molecule has 5 rings (SSSR count). The van der Waals surface area contributed by atoms with Crippen LogP contribution in [0.15, 0.2) is 64.8 Å². The van der Waals surface area contributed by atoms with Crippen LogP contribution in [0.25, 0.3) is 10.2 Å². The number of aromatic nitrogens is 2. The van der Waals surface area contributed by atoms with Crippen LogP contribution < -0.4 is 15.6 Å². The van der Waals surface area contributed by atoms with Gasteiger partial charge in [-0.3, -0.25) is 14.4 Å². The first kappa shape index (κ1) is 20.9. The summed E-state index contributed by atoms with van der Waals surface area (Å²) in [5, 5.41) is 4.64. The number of ether oxygens (including phenoxy) is 1. The van der Waals surface area contributed by atoms with Crippen molar-refractivity contribution in [2.75, 3.05) is 12.4 Å². The van der Waals surface area contributed by atoms with Gasteiger partial charge >= 0.3 is 0 Å². The second kappa shape index (κ2) is 8.51. The van der Waals surface area contributed by atoms with Crippen molar-refractivity contribution in [1.82, 2.24) is 14.9 Å². The van der Waals surface area contributed by atoms with Gasteiger partial charge in [0, 0.05) is 24.7 Å². The topological polar surface area (TPSA) is 104 Å². The van der Waals surface area contributed by atoms with Crippen molar-refractivity contribution in [1.29, 1.82) is 0 Å². The fourth-order valence-electron chi connectivity index (χ4n) is 3.79. The van der Waals surface area contributed by atoms with Gasteiger partial charge < -0.3 is 19.9 Å². The lowest BCUT2D eigenvalue weighted by Crippen LogP contribution is -2.31. The number of H-pyrrole nitrogens is 1. The number of thiophene rings is 1. The van der Waals surface area contributed by atoms with E-state index in [0.717, 1.165) is 11.3 Å². The molecule has 0 saturated heterocycles. The predicted molar refractivity (Wildman–Crippen MR) is 126 cm³/mol. The minimum atomic E-state index is -0.612. The predicted octanol–water partition coefficient (Wildman–Crippen LogP) is 3.20. The highest BCUT2D eigenvalue weighted by atomic mass is 32.1. The second-order valence-electron chi connectivity index (χ2n) is 7.80. The lowest BCUT2D eigenvalue weighted by atomic mass is 10.1. The number of hydrogen-bond donors (Lipinski definition) is 2. The maximum Gasteiger partial charge on any atom is 0.268 e. The van der Waals surface area contributed by atoms with Crippen molar-refractivity contribution < 1.29 is 14.3 Å². The minimum Gasteiger partial charge on any atom is -0.480 e. The molecule has 2 N–H and O–H groups in total. The first-order valence-electron chi connectivity index (χ1n) is 10.4. The molecule has 3 heterocycles. The molecule has 2 aromatic heterocycles. The van der Waals surface area contributed by atoms with Gasteiger partial charge in [0.25, 0.3) is 17.4 Å². The molecule has 1 atom stereocenters. The molecule has 4 aromatic rings. The third-order valence-corrected chi connectivity index (χ3v) is 6.32. The molecule has 166 valence electrons. The zero-order valence-corrected chi connectivity index (χ0v) is 18.5. The minimum absolute atomic E-state index is 0.143. The highest BCUT2D eigenvalue weighted by Gasteiger charge is 2.29. The average Bonchev–Trinajstić information content (AvgIpc) is 3.46. The Balaban J connectivity index is 1.26. The van der Waals surface area contributed by atoms with E-state index in [-0.39, 0.29) is 23.9 Å². The SMILES string of the molecule is CN(Cc1nc2ccsc2c(=O)[nH]1)C(=O)c1cccc(NC(=O)C2Cc3ccccc3O2)c1. The normalized spacial score (nSPS) is 14.5. The molecule has 0 radical (unpaired) electrons. The molecule has 1 unspecified atom stereocenters. The van der Waals surface area contributed by atoms with Crippen LogP contribution in [0.5, 0.6) is 5.75 Å². The van der Waals surface area contributed by atoms with E-state index < -0.39 is 6.10 Å². The van der Waals surface area contributed by atoms with Gasteiger partial charge in [0.05, 0.1) is 12.1 Å². The number of aromatic amines is 1. The molecule has 0 fully saturated rings. The Morgan fingerprint density at radius 1 is 1.21 bits per heavy atom. The number of anilines is 1. The molecule has 0 aliphatic carbocycles. The molecule has 0 saturated carbocycles. The van der Waals surface area contributed by atoms with Gasteiger partial charge in [0.15, 0.2) is 6.10 Å². The first-order chi connectivity index (χ1) is 16.0. The van der Waals surface area contributed by atoms with Crippen molar-refractivity contribution in [3.05, 3.63) is 87.3 Å². The van der Waals surface area contributed by atoms with Crippen molar-refractivity contribution in [3.63, 3.8) is 0 Å².